The molecule has 0 radical (unpaired) electrons. The summed E-state index contributed by atoms with van der Waals surface area (Å²) in [5.74, 6) is -0.157. The average molecular weight is 288 g/mol. The Balaban J connectivity index is 2.97. The van der Waals surface area contributed by atoms with Gasteiger partial charge in [0.1, 0.15) is 0 Å². The van der Waals surface area contributed by atoms with Crippen LogP contribution in [-0.4, -0.2) is 58.9 Å². The maximum atomic E-state index is 10.8. The molecule has 0 bridgehead atoms. The van der Waals surface area contributed by atoms with Gasteiger partial charge in [0.15, 0.2) is 0 Å². The van der Waals surface area contributed by atoms with Gasteiger partial charge in [-0.2, -0.15) is 0 Å². The summed E-state index contributed by atoms with van der Waals surface area (Å²) in [6.45, 7) is 6.60. The number of unbranched alkanes of at least 4 members (excludes halogenated alkanes) is 1. The standard InChI is InChI=1S/C14H32N4O2/c1-20-14(19)6-13-18-12-5-11-17-9-3-2-8-16-10-4-7-15/h16-18H,2-13,15H2,1H3. The van der Waals surface area contributed by atoms with Crippen LogP contribution < -0.4 is 21.7 Å². The van der Waals surface area contributed by atoms with E-state index < -0.39 is 0 Å². The van der Waals surface area contributed by atoms with Gasteiger partial charge in [-0.05, 0) is 65.0 Å². The lowest BCUT2D eigenvalue weighted by Crippen LogP contribution is -2.25. The monoisotopic (exact) mass is 288 g/mol. The second-order valence-corrected chi connectivity index (χ2v) is 4.78. The summed E-state index contributed by atoms with van der Waals surface area (Å²) in [6, 6.07) is 0. The van der Waals surface area contributed by atoms with E-state index in [0.29, 0.717) is 13.0 Å². The lowest BCUT2D eigenvalue weighted by molar-refractivity contribution is -0.140. The van der Waals surface area contributed by atoms with Gasteiger partial charge < -0.3 is 26.4 Å². The fourth-order valence-corrected chi connectivity index (χ4v) is 1.73. The summed E-state index contributed by atoms with van der Waals surface area (Å²) in [5.41, 5.74) is 5.41. The van der Waals surface area contributed by atoms with E-state index in [1.807, 2.05) is 0 Å². The second kappa shape index (κ2) is 16.4. The Bertz CT molecular complexity index is 215. The Morgan fingerprint density at radius 3 is 1.90 bits per heavy atom. The first-order chi connectivity index (χ1) is 9.81. The average Bonchev–Trinajstić information content (AvgIpc) is 2.47. The molecule has 20 heavy (non-hydrogen) atoms. The maximum Gasteiger partial charge on any atom is 0.306 e. The number of esters is 1. The molecule has 5 N–H and O–H groups in total. The lowest BCUT2D eigenvalue weighted by atomic mass is 10.3. The first kappa shape index (κ1) is 19.3. The third kappa shape index (κ3) is 15.4. The van der Waals surface area contributed by atoms with Gasteiger partial charge in [-0.15, -0.1) is 0 Å². The summed E-state index contributed by atoms with van der Waals surface area (Å²) < 4.78 is 4.56. The third-order valence-electron chi connectivity index (χ3n) is 2.96. The van der Waals surface area contributed by atoms with E-state index in [1.54, 1.807) is 0 Å². The lowest BCUT2D eigenvalue weighted by Gasteiger charge is -2.06. The smallest absolute Gasteiger partial charge is 0.306 e. The van der Waals surface area contributed by atoms with Gasteiger partial charge in [0.25, 0.3) is 0 Å². The minimum absolute atomic E-state index is 0.157. The van der Waals surface area contributed by atoms with Crippen LogP contribution in [0.1, 0.15) is 32.1 Å². The largest absolute Gasteiger partial charge is 0.469 e. The Labute approximate surface area is 123 Å². The van der Waals surface area contributed by atoms with Crippen molar-refractivity contribution < 1.29 is 9.53 Å². The molecule has 0 fully saturated rings. The number of hydrogen-bond acceptors (Lipinski definition) is 6. The molecule has 0 atom stereocenters. The molecule has 0 aromatic heterocycles. The van der Waals surface area contributed by atoms with Crippen molar-refractivity contribution in [2.45, 2.75) is 32.1 Å². The number of hydrogen-bond donors (Lipinski definition) is 4. The van der Waals surface area contributed by atoms with Gasteiger partial charge >= 0.3 is 5.97 Å². The van der Waals surface area contributed by atoms with Crippen LogP contribution in [0.4, 0.5) is 0 Å². The summed E-state index contributed by atoms with van der Waals surface area (Å²) in [7, 11) is 1.42. The first-order valence-electron chi connectivity index (χ1n) is 7.70. The van der Waals surface area contributed by atoms with Crippen molar-refractivity contribution in [1.29, 1.82) is 0 Å². The van der Waals surface area contributed by atoms with E-state index in [-0.39, 0.29) is 5.97 Å². The summed E-state index contributed by atoms with van der Waals surface area (Å²) >= 11 is 0. The third-order valence-corrected chi connectivity index (χ3v) is 2.96. The molecule has 0 unspecified atom stereocenters. The van der Waals surface area contributed by atoms with Gasteiger partial charge in [0, 0.05) is 6.54 Å². The van der Waals surface area contributed by atoms with Crippen LogP contribution in [0.2, 0.25) is 0 Å². The zero-order valence-electron chi connectivity index (χ0n) is 12.9. The van der Waals surface area contributed by atoms with Crippen LogP contribution in [0.15, 0.2) is 0 Å². The number of carbonyl (C=O) groups excluding carboxylic acids is 1. The van der Waals surface area contributed by atoms with Crippen LogP contribution >= 0.6 is 0 Å². The number of nitrogens with two attached hydrogens (primary N) is 1. The molecule has 0 amide bonds. The van der Waals surface area contributed by atoms with E-state index in [4.69, 9.17) is 5.73 Å². The Kier molecular flexibility index (Phi) is 15.8. The van der Waals surface area contributed by atoms with Crippen LogP contribution in [0, 0.1) is 0 Å². The van der Waals surface area contributed by atoms with Crippen molar-refractivity contribution in [2.75, 3.05) is 52.9 Å². The Morgan fingerprint density at radius 2 is 1.35 bits per heavy atom. The van der Waals surface area contributed by atoms with Crippen molar-refractivity contribution in [3.05, 3.63) is 0 Å². The molecular weight excluding hydrogens is 256 g/mol. The van der Waals surface area contributed by atoms with Crippen LogP contribution in [0.3, 0.4) is 0 Å². The topological polar surface area (TPSA) is 88.4 Å². The van der Waals surface area contributed by atoms with Crippen molar-refractivity contribution in [1.82, 2.24) is 16.0 Å². The Hall–Kier alpha value is -0.690. The molecule has 0 aromatic rings. The molecule has 0 rings (SSSR count). The molecule has 6 nitrogen and oxygen atoms in total. The fraction of sp³-hybridized carbons (Fsp3) is 0.929. The van der Waals surface area contributed by atoms with Gasteiger partial charge in [-0.3, -0.25) is 4.79 Å². The zero-order valence-corrected chi connectivity index (χ0v) is 12.9. The van der Waals surface area contributed by atoms with E-state index in [2.05, 4.69) is 20.7 Å². The predicted octanol–water partition coefficient (Wildman–Crippen LogP) is -0.163. The van der Waals surface area contributed by atoms with Gasteiger partial charge in [-0.1, -0.05) is 0 Å². The summed E-state index contributed by atoms with van der Waals surface area (Å²) in [5, 5.41) is 10.0. The molecule has 0 spiro atoms. The highest BCUT2D eigenvalue weighted by Crippen LogP contribution is 1.86. The molecule has 0 aliphatic heterocycles. The molecule has 120 valence electrons. The van der Waals surface area contributed by atoms with E-state index in [9.17, 15) is 4.79 Å². The van der Waals surface area contributed by atoms with Crippen molar-refractivity contribution >= 4 is 5.97 Å². The van der Waals surface area contributed by atoms with E-state index in [0.717, 1.165) is 52.1 Å². The fourth-order valence-electron chi connectivity index (χ4n) is 1.73. The van der Waals surface area contributed by atoms with Crippen molar-refractivity contribution in [2.24, 2.45) is 5.73 Å². The molecule has 0 heterocycles. The Morgan fingerprint density at radius 1 is 0.850 bits per heavy atom. The SMILES string of the molecule is COC(=O)CCNCCCNCCCCNCCCN. The van der Waals surface area contributed by atoms with Crippen LogP contribution in [0.25, 0.3) is 0 Å². The van der Waals surface area contributed by atoms with E-state index >= 15 is 0 Å². The van der Waals surface area contributed by atoms with Crippen LogP contribution in [0.5, 0.6) is 0 Å². The highest BCUT2D eigenvalue weighted by atomic mass is 16.5. The maximum absolute atomic E-state index is 10.8. The number of carbonyl (C=O) groups is 1. The zero-order chi connectivity index (χ0) is 14.9. The van der Waals surface area contributed by atoms with Crippen LogP contribution in [-0.2, 0) is 9.53 Å². The molecule has 0 aliphatic rings. The summed E-state index contributed by atoms with van der Waals surface area (Å²) in [6.07, 6.45) is 4.98. The molecule has 0 saturated carbocycles. The first-order valence-corrected chi connectivity index (χ1v) is 7.70. The summed E-state index contributed by atoms with van der Waals surface area (Å²) in [4.78, 5) is 10.8. The molecular formula is C14H32N4O2. The van der Waals surface area contributed by atoms with Gasteiger partial charge in [0.2, 0.25) is 0 Å². The normalized spacial score (nSPS) is 10.7. The number of rotatable bonds is 15. The van der Waals surface area contributed by atoms with Crippen molar-refractivity contribution in [3.63, 3.8) is 0 Å². The van der Waals surface area contributed by atoms with E-state index in [1.165, 1.54) is 20.0 Å². The number of nitrogens with one attached hydrogen (secondary N) is 3. The molecule has 0 aromatic carbocycles. The molecule has 0 saturated heterocycles. The highest BCUT2D eigenvalue weighted by molar-refractivity contribution is 5.69. The minimum atomic E-state index is -0.157. The number of ether oxygens (including phenoxy) is 1. The second-order valence-electron chi connectivity index (χ2n) is 4.78. The van der Waals surface area contributed by atoms with Gasteiger partial charge in [-0.25, -0.2) is 0 Å². The minimum Gasteiger partial charge on any atom is -0.469 e. The number of methoxy groups -OCH3 is 1. The molecule has 6 heteroatoms. The quantitative estimate of drug-likeness (QED) is 0.247. The van der Waals surface area contributed by atoms with Crippen molar-refractivity contribution in [3.8, 4) is 0 Å². The predicted molar refractivity (Wildman–Crippen MR) is 82.8 cm³/mol. The highest BCUT2D eigenvalue weighted by Gasteiger charge is 1.97. The van der Waals surface area contributed by atoms with Gasteiger partial charge in [0.05, 0.1) is 13.5 Å². The molecule has 0 aliphatic carbocycles.